The molecule has 0 N–H and O–H groups in total. The van der Waals surface area contributed by atoms with Crippen LogP contribution in [0.4, 0.5) is 0 Å². The third-order valence-corrected chi connectivity index (χ3v) is 3.16. The Morgan fingerprint density at radius 1 is 1.67 bits per heavy atom. The first kappa shape index (κ1) is 14.3. The number of ether oxygens (including phenoxy) is 2. The topological polar surface area (TPSA) is 59.3 Å². The van der Waals surface area contributed by atoms with Gasteiger partial charge in [-0.05, 0) is 25.0 Å². The maximum absolute atomic E-state index is 11.0. The Morgan fingerprint density at radius 2 is 2.39 bits per heavy atom. The minimum Gasteiger partial charge on any atom is -0.505 e. The van der Waals surface area contributed by atoms with Crippen LogP contribution in [0.3, 0.4) is 0 Å². The van der Waals surface area contributed by atoms with Gasteiger partial charge >= 0.3 is 5.97 Å². The Morgan fingerprint density at radius 3 is 2.94 bits per heavy atom. The molecule has 1 aliphatic carbocycles. The van der Waals surface area contributed by atoms with Gasteiger partial charge in [0.15, 0.2) is 0 Å². The molecule has 0 heterocycles. The molecule has 4 nitrogen and oxygen atoms in total. The predicted molar refractivity (Wildman–Crippen MR) is 67.1 cm³/mol. The van der Waals surface area contributed by atoms with Crippen molar-refractivity contribution in [1.29, 1.82) is 5.26 Å². The Hall–Kier alpha value is -1.76. The SMILES string of the molecule is CO/C=C/C(C#N)C1(C)C=C(OC(C)=O)CCC1. The number of nitrogens with zero attached hydrogens (tertiary/aromatic N) is 1. The molecular formula is C14H19NO3. The highest BCUT2D eigenvalue weighted by atomic mass is 16.5. The molecular weight excluding hydrogens is 230 g/mol. The molecule has 4 heteroatoms. The number of nitriles is 1. The van der Waals surface area contributed by atoms with Gasteiger partial charge in [0.2, 0.25) is 0 Å². The summed E-state index contributed by atoms with van der Waals surface area (Å²) in [6.07, 6.45) is 7.73. The van der Waals surface area contributed by atoms with Crippen molar-refractivity contribution in [2.45, 2.75) is 33.1 Å². The monoisotopic (exact) mass is 249 g/mol. The van der Waals surface area contributed by atoms with E-state index in [-0.39, 0.29) is 17.3 Å². The molecule has 0 radical (unpaired) electrons. The summed E-state index contributed by atoms with van der Waals surface area (Å²) >= 11 is 0. The Kier molecular flexibility index (Phi) is 4.96. The fraction of sp³-hybridized carbons (Fsp3) is 0.571. The van der Waals surface area contributed by atoms with Crippen LogP contribution in [0.1, 0.15) is 33.1 Å². The maximum atomic E-state index is 11.0. The van der Waals surface area contributed by atoms with Crippen molar-refractivity contribution in [1.82, 2.24) is 0 Å². The predicted octanol–water partition coefficient (Wildman–Crippen LogP) is 2.92. The van der Waals surface area contributed by atoms with Gasteiger partial charge in [-0.25, -0.2) is 0 Å². The molecule has 0 bridgehead atoms. The summed E-state index contributed by atoms with van der Waals surface area (Å²) in [5.41, 5.74) is -0.313. The summed E-state index contributed by atoms with van der Waals surface area (Å²) in [6.45, 7) is 3.39. The number of methoxy groups -OCH3 is 1. The third-order valence-electron chi connectivity index (χ3n) is 3.16. The van der Waals surface area contributed by atoms with E-state index in [1.165, 1.54) is 13.2 Å². The fourth-order valence-electron chi connectivity index (χ4n) is 2.23. The second kappa shape index (κ2) is 6.25. The highest BCUT2D eigenvalue weighted by molar-refractivity contribution is 5.67. The van der Waals surface area contributed by atoms with Gasteiger partial charge in [0, 0.05) is 18.8 Å². The van der Waals surface area contributed by atoms with Crippen LogP contribution in [-0.4, -0.2) is 13.1 Å². The minimum absolute atomic E-state index is 0.289. The summed E-state index contributed by atoms with van der Waals surface area (Å²) in [6, 6.07) is 2.27. The molecule has 0 aromatic carbocycles. The zero-order valence-corrected chi connectivity index (χ0v) is 11.1. The summed E-state index contributed by atoms with van der Waals surface area (Å²) in [5.74, 6) is 0.0667. The van der Waals surface area contributed by atoms with Crippen LogP contribution in [0.5, 0.6) is 0 Å². The van der Waals surface area contributed by atoms with E-state index in [0.717, 1.165) is 19.3 Å². The smallest absolute Gasteiger partial charge is 0.307 e. The molecule has 1 aliphatic rings. The largest absolute Gasteiger partial charge is 0.505 e. The van der Waals surface area contributed by atoms with Crippen molar-refractivity contribution in [3.63, 3.8) is 0 Å². The lowest BCUT2D eigenvalue weighted by molar-refractivity contribution is -0.137. The van der Waals surface area contributed by atoms with Crippen LogP contribution < -0.4 is 0 Å². The first-order valence-corrected chi connectivity index (χ1v) is 6.01. The third kappa shape index (κ3) is 3.63. The molecule has 98 valence electrons. The first-order valence-electron chi connectivity index (χ1n) is 6.01. The number of hydrogen-bond acceptors (Lipinski definition) is 4. The lowest BCUT2D eigenvalue weighted by Crippen LogP contribution is -2.26. The van der Waals surface area contributed by atoms with E-state index in [4.69, 9.17) is 9.47 Å². The number of carbonyl (C=O) groups excluding carboxylic acids is 1. The van der Waals surface area contributed by atoms with Gasteiger partial charge in [-0.15, -0.1) is 0 Å². The zero-order valence-electron chi connectivity index (χ0n) is 11.1. The van der Waals surface area contributed by atoms with Gasteiger partial charge < -0.3 is 9.47 Å². The van der Waals surface area contributed by atoms with Gasteiger partial charge in [-0.2, -0.15) is 5.26 Å². The van der Waals surface area contributed by atoms with E-state index in [1.54, 1.807) is 13.2 Å². The van der Waals surface area contributed by atoms with Crippen LogP contribution >= 0.6 is 0 Å². The van der Waals surface area contributed by atoms with Crippen LogP contribution in [-0.2, 0) is 14.3 Å². The Labute approximate surface area is 108 Å². The molecule has 0 aromatic rings. The molecule has 2 unspecified atom stereocenters. The lowest BCUT2D eigenvalue weighted by Gasteiger charge is -2.33. The van der Waals surface area contributed by atoms with Crippen molar-refractivity contribution in [3.8, 4) is 6.07 Å². The van der Waals surface area contributed by atoms with E-state index in [1.807, 2.05) is 13.0 Å². The van der Waals surface area contributed by atoms with Gasteiger partial charge in [-0.3, -0.25) is 4.79 Å². The van der Waals surface area contributed by atoms with Crippen molar-refractivity contribution in [2.24, 2.45) is 11.3 Å². The van der Waals surface area contributed by atoms with E-state index in [0.29, 0.717) is 5.76 Å². The maximum Gasteiger partial charge on any atom is 0.307 e. The number of carbonyl (C=O) groups is 1. The van der Waals surface area contributed by atoms with Crippen LogP contribution in [0, 0.1) is 22.7 Å². The van der Waals surface area contributed by atoms with Crippen LogP contribution in [0.15, 0.2) is 24.2 Å². The number of esters is 1. The molecule has 1 rings (SSSR count). The van der Waals surface area contributed by atoms with E-state index < -0.39 is 0 Å². The highest BCUT2D eigenvalue weighted by Gasteiger charge is 2.34. The average Bonchev–Trinajstić information content (AvgIpc) is 2.29. The van der Waals surface area contributed by atoms with Gasteiger partial charge in [-0.1, -0.05) is 6.92 Å². The molecule has 18 heavy (non-hydrogen) atoms. The van der Waals surface area contributed by atoms with Gasteiger partial charge in [0.1, 0.15) is 5.76 Å². The number of rotatable bonds is 4. The van der Waals surface area contributed by atoms with Crippen molar-refractivity contribution in [2.75, 3.05) is 7.11 Å². The quantitative estimate of drug-likeness (QED) is 0.567. The molecule has 0 spiro atoms. The molecule has 0 fully saturated rings. The van der Waals surface area contributed by atoms with Gasteiger partial charge in [0.05, 0.1) is 25.4 Å². The second-order valence-corrected chi connectivity index (χ2v) is 4.73. The molecule has 0 aliphatic heterocycles. The molecule has 0 saturated heterocycles. The van der Waals surface area contributed by atoms with Crippen molar-refractivity contribution >= 4 is 5.97 Å². The first-order chi connectivity index (χ1) is 8.51. The molecule has 2 atom stereocenters. The van der Waals surface area contributed by atoms with Crippen LogP contribution in [0.25, 0.3) is 0 Å². The van der Waals surface area contributed by atoms with E-state index >= 15 is 0 Å². The molecule has 0 amide bonds. The number of hydrogen-bond donors (Lipinski definition) is 0. The summed E-state index contributed by atoms with van der Waals surface area (Å²) in [7, 11) is 1.55. The fourth-order valence-corrected chi connectivity index (χ4v) is 2.23. The molecule has 0 aromatic heterocycles. The Balaban J connectivity index is 2.92. The van der Waals surface area contributed by atoms with Crippen molar-refractivity contribution in [3.05, 3.63) is 24.2 Å². The zero-order chi connectivity index (χ0) is 13.6. The number of allylic oxidation sites excluding steroid dienone is 3. The molecule has 0 saturated carbocycles. The lowest BCUT2D eigenvalue weighted by atomic mass is 9.71. The highest BCUT2D eigenvalue weighted by Crippen LogP contribution is 2.41. The summed E-state index contributed by atoms with van der Waals surface area (Å²) < 4.78 is 10.0. The second-order valence-electron chi connectivity index (χ2n) is 4.73. The van der Waals surface area contributed by atoms with E-state index in [2.05, 4.69) is 6.07 Å². The van der Waals surface area contributed by atoms with Crippen LogP contribution in [0.2, 0.25) is 0 Å². The normalized spacial score (nSPS) is 25.1. The van der Waals surface area contributed by atoms with Crippen molar-refractivity contribution < 1.29 is 14.3 Å². The summed E-state index contributed by atoms with van der Waals surface area (Å²) in [4.78, 5) is 11.0. The van der Waals surface area contributed by atoms with E-state index in [9.17, 15) is 10.1 Å². The Bertz CT molecular complexity index is 406. The standard InChI is InChI=1S/C14H19NO3/c1-11(16)18-13-5-4-7-14(2,9-13)12(10-15)6-8-17-3/h6,8-9,12H,4-5,7H2,1-3H3/b8-6+. The van der Waals surface area contributed by atoms with Gasteiger partial charge in [0.25, 0.3) is 0 Å². The minimum atomic E-state index is -0.313. The average molecular weight is 249 g/mol. The summed E-state index contributed by atoms with van der Waals surface area (Å²) in [5, 5.41) is 9.24.